The van der Waals surface area contributed by atoms with E-state index in [1.165, 1.54) is 45.2 Å². The summed E-state index contributed by atoms with van der Waals surface area (Å²) in [6, 6.07) is 0.666. The fourth-order valence-electron chi connectivity index (χ4n) is 3.10. The molecule has 18 heavy (non-hydrogen) atoms. The average molecular weight is 254 g/mol. The minimum Gasteiger partial charge on any atom is -0.312 e. The lowest BCUT2D eigenvalue weighted by Crippen LogP contribution is -2.41. The van der Waals surface area contributed by atoms with Gasteiger partial charge in [-0.2, -0.15) is 0 Å². The molecule has 1 aliphatic carbocycles. The third-order valence-electron chi connectivity index (χ3n) is 4.17. The highest BCUT2D eigenvalue weighted by Gasteiger charge is 2.19. The molecule has 2 heteroatoms. The van der Waals surface area contributed by atoms with E-state index < -0.39 is 0 Å². The fraction of sp³-hybridized carbons (Fsp3) is 1.00. The van der Waals surface area contributed by atoms with E-state index in [1.54, 1.807) is 0 Å². The molecule has 1 rings (SSSR count). The first-order chi connectivity index (χ1) is 8.47. The normalized spacial score (nSPS) is 26.8. The van der Waals surface area contributed by atoms with Gasteiger partial charge < -0.3 is 10.2 Å². The van der Waals surface area contributed by atoms with Crippen LogP contribution in [0, 0.1) is 17.8 Å². The predicted octanol–water partition coefficient (Wildman–Crippen LogP) is 3.38. The molecule has 0 radical (unpaired) electrons. The molecule has 1 N–H and O–H groups in total. The summed E-state index contributed by atoms with van der Waals surface area (Å²) in [6.07, 6.45) is 7.04. The van der Waals surface area contributed by atoms with Crippen LogP contribution in [-0.2, 0) is 0 Å². The van der Waals surface area contributed by atoms with Crippen LogP contribution in [0.3, 0.4) is 0 Å². The van der Waals surface area contributed by atoms with Crippen molar-refractivity contribution in [3.8, 4) is 0 Å². The van der Waals surface area contributed by atoms with Crippen LogP contribution in [0.25, 0.3) is 0 Å². The van der Waals surface area contributed by atoms with Crippen molar-refractivity contribution in [2.24, 2.45) is 17.8 Å². The van der Waals surface area contributed by atoms with Crippen molar-refractivity contribution in [2.75, 3.05) is 27.2 Å². The van der Waals surface area contributed by atoms with Crippen molar-refractivity contribution in [3.05, 3.63) is 0 Å². The Kier molecular flexibility index (Phi) is 7.25. The summed E-state index contributed by atoms with van der Waals surface area (Å²) in [6.45, 7) is 9.45. The molecular weight excluding hydrogens is 220 g/mol. The number of nitrogens with zero attached hydrogens (tertiary/aromatic N) is 1. The molecule has 108 valence electrons. The third-order valence-corrected chi connectivity index (χ3v) is 4.17. The SMILES string of the molecule is CC(C)CC(CN(C)C)NCC1CCC(C)CC1. The molecule has 1 saturated carbocycles. The molecule has 0 heterocycles. The van der Waals surface area contributed by atoms with Crippen LogP contribution >= 0.6 is 0 Å². The van der Waals surface area contributed by atoms with E-state index >= 15 is 0 Å². The minimum absolute atomic E-state index is 0.666. The Morgan fingerprint density at radius 3 is 2.22 bits per heavy atom. The smallest absolute Gasteiger partial charge is 0.0197 e. The van der Waals surface area contributed by atoms with Gasteiger partial charge in [0.2, 0.25) is 0 Å². The molecule has 0 aromatic heterocycles. The van der Waals surface area contributed by atoms with Gasteiger partial charge in [0.25, 0.3) is 0 Å². The molecular formula is C16H34N2. The Morgan fingerprint density at radius 2 is 1.72 bits per heavy atom. The molecule has 1 aliphatic rings. The quantitative estimate of drug-likeness (QED) is 0.749. The first kappa shape index (κ1) is 16.0. The molecule has 1 fully saturated rings. The summed E-state index contributed by atoms with van der Waals surface area (Å²) in [5, 5.41) is 3.83. The van der Waals surface area contributed by atoms with Gasteiger partial charge in [-0.1, -0.05) is 33.6 Å². The zero-order valence-corrected chi connectivity index (χ0v) is 13.2. The maximum Gasteiger partial charge on any atom is 0.0197 e. The number of rotatable bonds is 7. The summed E-state index contributed by atoms with van der Waals surface area (Å²) >= 11 is 0. The molecule has 0 amide bonds. The van der Waals surface area contributed by atoms with Gasteiger partial charge in [-0.05, 0) is 57.7 Å². The van der Waals surface area contributed by atoms with Crippen LogP contribution in [0.15, 0.2) is 0 Å². The zero-order chi connectivity index (χ0) is 13.5. The van der Waals surface area contributed by atoms with Gasteiger partial charge in [0, 0.05) is 12.6 Å². The van der Waals surface area contributed by atoms with E-state index in [2.05, 4.69) is 45.1 Å². The Hall–Kier alpha value is -0.0800. The zero-order valence-electron chi connectivity index (χ0n) is 13.2. The monoisotopic (exact) mass is 254 g/mol. The lowest BCUT2D eigenvalue weighted by Gasteiger charge is -2.30. The Bertz CT molecular complexity index is 195. The first-order valence-electron chi connectivity index (χ1n) is 7.85. The second kappa shape index (κ2) is 8.16. The molecule has 0 spiro atoms. The minimum atomic E-state index is 0.666. The molecule has 0 aromatic rings. The average Bonchev–Trinajstić information content (AvgIpc) is 2.26. The Morgan fingerprint density at radius 1 is 1.11 bits per heavy atom. The van der Waals surface area contributed by atoms with Crippen LogP contribution in [0.5, 0.6) is 0 Å². The van der Waals surface area contributed by atoms with E-state index in [0.29, 0.717) is 6.04 Å². The maximum atomic E-state index is 3.83. The van der Waals surface area contributed by atoms with Gasteiger partial charge >= 0.3 is 0 Å². The summed E-state index contributed by atoms with van der Waals surface area (Å²) in [4.78, 5) is 2.31. The fourth-order valence-corrected chi connectivity index (χ4v) is 3.10. The van der Waals surface area contributed by atoms with Crippen molar-refractivity contribution in [3.63, 3.8) is 0 Å². The second-order valence-corrected chi connectivity index (χ2v) is 7.12. The molecule has 0 bridgehead atoms. The highest BCUT2D eigenvalue weighted by Crippen LogP contribution is 2.27. The molecule has 2 nitrogen and oxygen atoms in total. The van der Waals surface area contributed by atoms with Crippen LogP contribution < -0.4 is 5.32 Å². The number of hydrogen-bond acceptors (Lipinski definition) is 2. The number of nitrogens with one attached hydrogen (secondary N) is 1. The summed E-state index contributed by atoms with van der Waals surface area (Å²) in [5.41, 5.74) is 0. The van der Waals surface area contributed by atoms with Crippen molar-refractivity contribution < 1.29 is 0 Å². The van der Waals surface area contributed by atoms with E-state index in [4.69, 9.17) is 0 Å². The second-order valence-electron chi connectivity index (χ2n) is 7.12. The Balaban J connectivity index is 2.27. The van der Waals surface area contributed by atoms with Crippen LogP contribution in [-0.4, -0.2) is 38.1 Å². The van der Waals surface area contributed by atoms with Crippen LogP contribution in [0.1, 0.15) is 52.9 Å². The van der Waals surface area contributed by atoms with Gasteiger partial charge in [0.15, 0.2) is 0 Å². The topological polar surface area (TPSA) is 15.3 Å². The summed E-state index contributed by atoms with van der Waals surface area (Å²) in [5.74, 6) is 2.68. The molecule has 0 aliphatic heterocycles. The van der Waals surface area contributed by atoms with Crippen LogP contribution in [0.2, 0.25) is 0 Å². The van der Waals surface area contributed by atoms with Crippen molar-refractivity contribution in [1.82, 2.24) is 10.2 Å². The van der Waals surface area contributed by atoms with Crippen molar-refractivity contribution in [1.29, 1.82) is 0 Å². The van der Waals surface area contributed by atoms with E-state index in [9.17, 15) is 0 Å². The van der Waals surface area contributed by atoms with E-state index in [0.717, 1.165) is 17.8 Å². The summed E-state index contributed by atoms with van der Waals surface area (Å²) in [7, 11) is 4.36. The standard InChI is InChI=1S/C16H34N2/c1-13(2)10-16(12-18(4)5)17-11-15-8-6-14(3)7-9-15/h13-17H,6-12H2,1-5H3. The maximum absolute atomic E-state index is 3.83. The molecule has 1 unspecified atom stereocenters. The van der Waals surface area contributed by atoms with Gasteiger partial charge in [0.05, 0.1) is 0 Å². The van der Waals surface area contributed by atoms with Gasteiger partial charge in [-0.3, -0.25) is 0 Å². The van der Waals surface area contributed by atoms with Gasteiger partial charge in [0.1, 0.15) is 0 Å². The van der Waals surface area contributed by atoms with Crippen LogP contribution in [0.4, 0.5) is 0 Å². The molecule has 0 aromatic carbocycles. The predicted molar refractivity (Wildman–Crippen MR) is 80.9 cm³/mol. The largest absolute Gasteiger partial charge is 0.312 e. The third kappa shape index (κ3) is 6.75. The lowest BCUT2D eigenvalue weighted by molar-refractivity contribution is 0.250. The van der Waals surface area contributed by atoms with Crippen molar-refractivity contribution in [2.45, 2.75) is 58.9 Å². The highest BCUT2D eigenvalue weighted by molar-refractivity contribution is 4.76. The molecule has 1 atom stereocenters. The van der Waals surface area contributed by atoms with E-state index in [-0.39, 0.29) is 0 Å². The highest BCUT2D eigenvalue weighted by atomic mass is 15.1. The Labute approximate surface area is 115 Å². The lowest BCUT2D eigenvalue weighted by atomic mass is 9.83. The molecule has 0 saturated heterocycles. The van der Waals surface area contributed by atoms with Gasteiger partial charge in [-0.25, -0.2) is 0 Å². The van der Waals surface area contributed by atoms with Crippen molar-refractivity contribution >= 4 is 0 Å². The van der Waals surface area contributed by atoms with Gasteiger partial charge in [-0.15, -0.1) is 0 Å². The van der Waals surface area contributed by atoms with E-state index in [1.807, 2.05) is 0 Å². The first-order valence-corrected chi connectivity index (χ1v) is 7.85. The summed E-state index contributed by atoms with van der Waals surface area (Å²) < 4.78 is 0. The number of likely N-dealkylation sites (N-methyl/N-ethyl adjacent to an activating group) is 1. The number of hydrogen-bond donors (Lipinski definition) is 1.